The number of furan rings is 1. The van der Waals surface area contributed by atoms with Crippen LogP contribution >= 0.6 is 24.0 Å². The largest absolute Gasteiger partial charge is 0.469 e. The first-order valence-corrected chi connectivity index (χ1v) is 10.4. The zero-order valence-electron chi connectivity index (χ0n) is 17.6. The van der Waals surface area contributed by atoms with Crippen LogP contribution < -0.4 is 10.2 Å². The van der Waals surface area contributed by atoms with E-state index in [1.807, 2.05) is 24.5 Å². The molecule has 0 atom stereocenters. The number of rotatable bonds is 8. The van der Waals surface area contributed by atoms with Crippen LogP contribution in [0.4, 0.5) is 5.69 Å². The molecule has 1 aliphatic heterocycles. The molecule has 2 aromatic rings. The molecule has 0 aromatic carbocycles. The third-order valence-electron chi connectivity index (χ3n) is 5.41. The Bertz CT molecular complexity index is 699. The average Bonchev–Trinajstić information content (AvgIpc) is 3.26. The topological polar surface area (TPSA) is 56.9 Å². The summed E-state index contributed by atoms with van der Waals surface area (Å²) in [5, 5.41) is 3.41. The first-order valence-electron chi connectivity index (χ1n) is 10.4. The van der Waals surface area contributed by atoms with Crippen molar-refractivity contribution in [1.29, 1.82) is 0 Å². The van der Waals surface area contributed by atoms with Gasteiger partial charge in [0.25, 0.3) is 0 Å². The highest BCUT2D eigenvalue weighted by molar-refractivity contribution is 14.0. The normalized spacial score (nSPS) is 15.1. The summed E-state index contributed by atoms with van der Waals surface area (Å²) in [4.78, 5) is 13.6. The Hall–Kier alpha value is -1.77. The summed E-state index contributed by atoms with van der Waals surface area (Å²) in [5.74, 6) is 2.76. The monoisotopic (exact) mass is 511 g/mol. The number of hydrogen-bond donors (Lipinski definition) is 1. The fourth-order valence-corrected chi connectivity index (χ4v) is 3.71. The van der Waals surface area contributed by atoms with E-state index in [-0.39, 0.29) is 24.0 Å². The van der Waals surface area contributed by atoms with Crippen molar-refractivity contribution in [1.82, 2.24) is 15.2 Å². The summed E-state index contributed by atoms with van der Waals surface area (Å²) < 4.78 is 5.39. The SMILES string of the molecule is CCNC(=NCCc1ccco1)N(C)CCC1CCN(c2ccncc2)CC1.I. The van der Waals surface area contributed by atoms with Crippen molar-refractivity contribution in [2.75, 3.05) is 44.7 Å². The van der Waals surface area contributed by atoms with Crippen molar-refractivity contribution < 1.29 is 4.42 Å². The minimum Gasteiger partial charge on any atom is -0.469 e. The number of aromatic nitrogens is 1. The molecular formula is C22H34IN5O. The van der Waals surface area contributed by atoms with E-state index in [1.54, 1.807) is 6.26 Å². The van der Waals surface area contributed by atoms with Gasteiger partial charge >= 0.3 is 0 Å². The van der Waals surface area contributed by atoms with Crippen LogP contribution in [0.2, 0.25) is 0 Å². The van der Waals surface area contributed by atoms with Crippen LogP contribution in [0.5, 0.6) is 0 Å². The molecule has 0 unspecified atom stereocenters. The summed E-state index contributed by atoms with van der Waals surface area (Å²) in [6.07, 6.45) is 10.0. The standard InChI is InChI=1S/C22H33N5O.HI/c1-3-24-22(25-14-8-21-5-4-18-28-21)26(2)15-9-19-10-16-27(17-11-19)20-6-12-23-13-7-20;/h4-7,12-13,18-19H,3,8-11,14-17H2,1-2H3,(H,24,25);1H. The fraction of sp³-hybridized carbons (Fsp3) is 0.545. The van der Waals surface area contributed by atoms with Gasteiger partial charge in [0.15, 0.2) is 5.96 Å². The van der Waals surface area contributed by atoms with Crippen LogP contribution in [-0.4, -0.2) is 55.6 Å². The molecule has 0 bridgehead atoms. The van der Waals surface area contributed by atoms with Crippen LogP contribution in [0.1, 0.15) is 31.9 Å². The molecule has 1 fully saturated rings. The predicted molar refractivity (Wildman–Crippen MR) is 130 cm³/mol. The molecule has 6 nitrogen and oxygen atoms in total. The van der Waals surface area contributed by atoms with Crippen LogP contribution in [0.3, 0.4) is 0 Å². The predicted octanol–water partition coefficient (Wildman–Crippen LogP) is 4.04. The van der Waals surface area contributed by atoms with Gasteiger partial charge < -0.3 is 19.5 Å². The molecule has 1 N–H and O–H groups in total. The molecule has 1 aliphatic rings. The van der Waals surface area contributed by atoms with Crippen molar-refractivity contribution in [3.8, 4) is 0 Å². The van der Waals surface area contributed by atoms with Gasteiger partial charge in [-0.15, -0.1) is 24.0 Å². The second-order valence-corrected chi connectivity index (χ2v) is 7.41. The Morgan fingerprint density at radius 1 is 1.28 bits per heavy atom. The third kappa shape index (κ3) is 7.53. The molecule has 0 aliphatic carbocycles. The molecule has 0 spiro atoms. The number of anilines is 1. The Morgan fingerprint density at radius 2 is 2.03 bits per heavy atom. The summed E-state index contributed by atoms with van der Waals surface area (Å²) in [5.41, 5.74) is 1.30. The van der Waals surface area contributed by atoms with E-state index in [4.69, 9.17) is 9.41 Å². The van der Waals surface area contributed by atoms with Crippen LogP contribution in [0.15, 0.2) is 52.3 Å². The average molecular weight is 511 g/mol. The zero-order valence-corrected chi connectivity index (χ0v) is 19.9. The van der Waals surface area contributed by atoms with E-state index in [2.05, 4.69) is 46.2 Å². The Balaban J connectivity index is 0.00000300. The molecule has 160 valence electrons. The fourth-order valence-electron chi connectivity index (χ4n) is 3.71. The van der Waals surface area contributed by atoms with Gasteiger partial charge in [0.05, 0.1) is 6.26 Å². The molecule has 7 heteroatoms. The number of piperidine rings is 1. The van der Waals surface area contributed by atoms with Crippen molar-refractivity contribution >= 4 is 35.6 Å². The lowest BCUT2D eigenvalue weighted by Crippen LogP contribution is -2.41. The van der Waals surface area contributed by atoms with E-state index >= 15 is 0 Å². The number of pyridine rings is 1. The number of nitrogens with one attached hydrogen (secondary N) is 1. The van der Waals surface area contributed by atoms with Crippen LogP contribution in [-0.2, 0) is 6.42 Å². The lowest BCUT2D eigenvalue weighted by Gasteiger charge is -2.34. The van der Waals surface area contributed by atoms with Crippen molar-refractivity contribution in [2.45, 2.75) is 32.6 Å². The van der Waals surface area contributed by atoms with Gasteiger partial charge in [0.1, 0.15) is 5.76 Å². The molecule has 3 rings (SSSR count). The maximum absolute atomic E-state index is 5.39. The Kier molecular flexibility index (Phi) is 10.3. The van der Waals surface area contributed by atoms with Crippen LogP contribution in [0, 0.1) is 5.92 Å². The minimum absolute atomic E-state index is 0. The van der Waals surface area contributed by atoms with E-state index < -0.39 is 0 Å². The summed E-state index contributed by atoms with van der Waals surface area (Å²) >= 11 is 0. The lowest BCUT2D eigenvalue weighted by molar-refractivity contribution is 0.339. The molecule has 3 heterocycles. The number of aliphatic imine (C=N–C) groups is 1. The van der Waals surface area contributed by atoms with Crippen molar-refractivity contribution in [3.63, 3.8) is 0 Å². The minimum atomic E-state index is 0. The van der Waals surface area contributed by atoms with E-state index in [0.717, 1.165) is 56.8 Å². The van der Waals surface area contributed by atoms with Gasteiger partial charge in [-0.2, -0.15) is 0 Å². The molecule has 2 aromatic heterocycles. The maximum Gasteiger partial charge on any atom is 0.193 e. The summed E-state index contributed by atoms with van der Waals surface area (Å²) in [6.45, 7) is 7.04. The molecule has 0 amide bonds. The number of nitrogens with zero attached hydrogens (tertiary/aromatic N) is 4. The van der Waals surface area contributed by atoms with Gasteiger partial charge in [0.2, 0.25) is 0 Å². The highest BCUT2D eigenvalue weighted by Crippen LogP contribution is 2.24. The number of halogens is 1. The zero-order chi connectivity index (χ0) is 19.6. The Labute approximate surface area is 191 Å². The van der Waals surface area contributed by atoms with Gasteiger partial charge in [-0.1, -0.05) is 0 Å². The molecule has 0 radical (unpaired) electrons. The molecule has 29 heavy (non-hydrogen) atoms. The number of guanidine groups is 1. The third-order valence-corrected chi connectivity index (χ3v) is 5.41. The van der Waals surface area contributed by atoms with E-state index in [9.17, 15) is 0 Å². The first kappa shape index (κ1) is 23.5. The van der Waals surface area contributed by atoms with Gasteiger partial charge in [0, 0.05) is 64.3 Å². The molecular weight excluding hydrogens is 477 g/mol. The van der Waals surface area contributed by atoms with E-state index in [1.165, 1.54) is 24.9 Å². The van der Waals surface area contributed by atoms with Crippen LogP contribution in [0.25, 0.3) is 0 Å². The lowest BCUT2D eigenvalue weighted by atomic mass is 9.93. The van der Waals surface area contributed by atoms with E-state index in [0.29, 0.717) is 0 Å². The Morgan fingerprint density at radius 3 is 2.69 bits per heavy atom. The second kappa shape index (κ2) is 12.7. The maximum atomic E-state index is 5.39. The van der Waals surface area contributed by atoms with Gasteiger partial charge in [-0.05, 0) is 56.4 Å². The second-order valence-electron chi connectivity index (χ2n) is 7.41. The smallest absolute Gasteiger partial charge is 0.193 e. The van der Waals surface area contributed by atoms with Gasteiger partial charge in [-0.25, -0.2) is 0 Å². The highest BCUT2D eigenvalue weighted by atomic mass is 127. The van der Waals surface area contributed by atoms with Crippen molar-refractivity contribution in [2.24, 2.45) is 10.9 Å². The highest BCUT2D eigenvalue weighted by Gasteiger charge is 2.20. The molecule has 0 saturated carbocycles. The van der Waals surface area contributed by atoms with Gasteiger partial charge in [-0.3, -0.25) is 9.98 Å². The first-order chi connectivity index (χ1) is 13.8. The molecule has 1 saturated heterocycles. The number of hydrogen-bond acceptors (Lipinski definition) is 4. The van der Waals surface area contributed by atoms with Crippen molar-refractivity contribution in [3.05, 3.63) is 48.7 Å². The quantitative estimate of drug-likeness (QED) is 0.330. The summed E-state index contributed by atoms with van der Waals surface area (Å²) in [7, 11) is 2.14. The summed E-state index contributed by atoms with van der Waals surface area (Å²) in [6, 6.07) is 8.15.